The van der Waals surface area contributed by atoms with E-state index >= 15 is 0 Å². The van der Waals surface area contributed by atoms with Crippen LogP contribution in [0.3, 0.4) is 0 Å². The fourth-order valence-electron chi connectivity index (χ4n) is 2.53. The van der Waals surface area contributed by atoms with Crippen molar-refractivity contribution in [1.82, 2.24) is 10.6 Å². The molecule has 1 heterocycles. The van der Waals surface area contributed by atoms with Gasteiger partial charge in [0.15, 0.2) is 0 Å². The Hall–Kier alpha value is -0.0800. The normalized spacial score (nSPS) is 30.9. The van der Waals surface area contributed by atoms with Gasteiger partial charge in [0.25, 0.3) is 0 Å². The van der Waals surface area contributed by atoms with Crippen LogP contribution in [-0.4, -0.2) is 25.7 Å². The Morgan fingerprint density at radius 1 is 1.08 bits per heavy atom. The van der Waals surface area contributed by atoms with Gasteiger partial charge in [0.05, 0.1) is 0 Å². The average Bonchev–Trinajstić information content (AvgIpc) is 2.69. The zero-order valence-corrected chi connectivity index (χ0v) is 8.52. The molecule has 0 amide bonds. The molecule has 1 aliphatic heterocycles. The molecule has 2 nitrogen and oxygen atoms in total. The summed E-state index contributed by atoms with van der Waals surface area (Å²) in [7, 11) is 0. The lowest BCUT2D eigenvalue weighted by Gasteiger charge is -2.24. The summed E-state index contributed by atoms with van der Waals surface area (Å²) in [5.74, 6) is 0.905. The van der Waals surface area contributed by atoms with Gasteiger partial charge in [-0.2, -0.15) is 0 Å². The zero-order valence-electron chi connectivity index (χ0n) is 8.52. The van der Waals surface area contributed by atoms with E-state index < -0.39 is 0 Å². The van der Waals surface area contributed by atoms with Crippen molar-refractivity contribution in [3.05, 3.63) is 0 Å². The summed E-state index contributed by atoms with van der Waals surface area (Å²) in [6, 6.07) is 0.842. The second kappa shape index (κ2) is 4.97. The summed E-state index contributed by atoms with van der Waals surface area (Å²) in [6.45, 7) is 3.72. The van der Waals surface area contributed by atoms with Crippen molar-refractivity contribution < 1.29 is 0 Å². The molecule has 1 saturated heterocycles. The lowest BCUT2D eigenvalue weighted by atomic mass is 9.95. The average molecular weight is 182 g/mol. The molecular formula is C11H22N2. The molecule has 1 saturated carbocycles. The first kappa shape index (κ1) is 9.47. The highest BCUT2D eigenvalue weighted by Crippen LogP contribution is 2.18. The van der Waals surface area contributed by atoms with Gasteiger partial charge < -0.3 is 10.6 Å². The summed E-state index contributed by atoms with van der Waals surface area (Å²) >= 11 is 0. The fourth-order valence-corrected chi connectivity index (χ4v) is 2.53. The highest BCUT2D eigenvalue weighted by atomic mass is 15.0. The molecule has 2 aliphatic rings. The molecule has 0 spiro atoms. The van der Waals surface area contributed by atoms with E-state index in [1.807, 2.05) is 0 Å². The fraction of sp³-hybridized carbons (Fsp3) is 1.00. The SMILES string of the molecule is C1CCC(NCC2CCNC2)CC1. The van der Waals surface area contributed by atoms with Crippen LogP contribution in [0.1, 0.15) is 38.5 Å². The molecule has 1 aliphatic carbocycles. The van der Waals surface area contributed by atoms with Crippen LogP contribution >= 0.6 is 0 Å². The van der Waals surface area contributed by atoms with Crippen LogP contribution in [0.25, 0.3) is 0 Å². The molecule has 0 aromatic carbocycles. The van der Waals surface area contributed by atoms with Crippen molar-refractivity contribution in [1.29, 1.82) is 0 Å². The number of rotatable bonds is 3. The molecular weight excluding hydrogens is 160 g/mol. The predicted molar refractivity (Wildman–Crippen MR) is 55.9 cm³/mol. The maximum Gasteiger partial charge on any atom is 0.00671 e. The lowest BCUT2D eigenvalue weighted by Crippen LogP contribution is -2.35. The lowest BCUT2D eigenvalue weighted by molar-refractivity contribution is 0.352. The standard InChI is InChI=1S/C11H22N2/c1-2-4-11(5-3-1)13-9-10-6-7-12-8-10/h10-13H,1-9H2. The van der Waals surface area contributed by atoms with Crippen molar-refractivity contribution in [3.63, 3.8) is 0 Å². The highest BCUT2D eigenvalue weighted by Gasteiger charge is 2.17. The second-order valence-electron chi connectivity index (χ2n) is 4.60. The first-order valence-electron chi connectivity index (χ1n) is 5.89. The van der Waals surface area contributed by atoms with Crippen LogP contribution in [0.5, 0.6) is 0 Å². The van der Waals surface area contributed by atoms with Gasteiger partial charge in [0, 0.05) is 6.04 Å². The molecule has 2 N–H and O–H groups in total. The summed E-state index contributed by atoms with van der Waals surface area (Å²) < 4.78 is 0. The van der Waals surface area contributed by atoms with Crippen LogP contribution in [0, 0.1) is 5.92 Å². The van der Waals surface area contributed by atoms with Gasteiger partial charge in [0.2, 0.25) is 0 Å². The minimum atomic E-state index is 0.842. The number of hydrogen-bond donors (Lipinski definition) is 2. The first-order chi connectivity index (χ1) is 6.45. The molecule has 2 heteroatoms. The Kier molecular flexibility index (Phi) is 3.62. The molecule has 2 fully saturated rings. The Labute approximate surface area is 81.5 Å². The van der Waals surface area contributed by atoms with E-state index in [0.717, 1.165) is 12.0 Å². The third kappa shape index (κ3) is 2.96. The van der Waals surface area contributed by atoms with Gasteiger partial charge in [-0.1, -0.05) is 19.3 Å². The molecule has 1 atom stereocenters. The quantitative estimate of drug-likeness (QED) is 0.691. The minimum absolute atomic E-state index is 0.842. The minimum Gasteiger partial charge on any atom is -0.316 e. The molecule has 0 aromatic heterocycles. The van der Waals surface area contributed by atoms with Gasteiger partial charge in [-0.15, -0.1) is 0 Å². The van der Waals surface area contributed by atoms with Gasteiger partial charge >= 0.3 is 0 Å². The van der Waals surface area contributed by atoms with Crippen LogP contribution in [-0.2, 0) is 0 Å². The number of hydrogen-bond acceptors (Lipinski definition) is 2. The van der Waals surface area contributed by atoms with Crippen LogP contribution in [0.4, 0.5) is 0 Å². The van der Waals surface area contributed by atoms with Crippen LogP contribution < -0.4 is 10.6 Å². The molecule has 2 rings (SSSR count). The van der Waals surface area contributed by atoms with Crippen LogP contribution in [0.15, 0.2) is 0 Å². The van der Waals surface area contributed by atoms with Gasteiger partial charge in [-0.3, -0.25) is 0 Å². The molecule has 0 bridgehead atoms. The predicted octanol–water partition coefficient (Wildman–Crippen LogP) is 1.52. The monoisotopic (exact) mass is 182 g/mol. The molecule has 0 radical (unpaired) electrons. The first-order valence-corrected chi connectivity index (χ1v) is 5.89. The summed E-state index contributed by atoms with van der Waals surface area (Å²) in [6.07, 6.45) is 8.56. The zero-order chi connectivity index (χ0) is 8.93. The second-order valence-corrected chi connectivity index (χ2v) is 4.60. The summed E-state index contributed by atoms with van der Waals surface area (Å²) in [5.41, 5.74) is 0. The Morgan fingerprint density at radius 3 is 2.62 bits per heavy atom. The molecule has 76 valence electrons. The Bertz CT molecular complexity index is 135. The van der Waals surface area contributed by atoms with Crippen molar-refractivity contribution in [2.45, 2.75) is 44.6 Å². The maximum absolute atomic E-state index is 3.72. The topological polar surface area (TPSA) is 24.1 Å². The molecule has 0 aromatic rings. The number of nitrogens with one attached hydrogen (secondary N) is 2. The third-order valence-electron chi connectivity index (χ3n) is 3.46. The van der Waals surface area contributed by atoms with Crippen molar-refractivity contribution >= 4 is 0 Å². The van der Waals surface area contributed by atoms with Gasteiger partial charge in [-0.25, -0.2) is 0 Å². The van der Waals surface area contributed by atoms with Crippen molar-refractivity contribution in [3.8, 4) is 0 Å². The summed E-state index contributed by atoms with van der Waals surface area (Å²) in [5, 5.41) is 7.14. The highest BCUT2D eigenvalue weighted by molar-refractivity contribution is 4.77. The summed E-state index contributed by atoms with van der Waals surface area (Å²) in [4.78, 5) is 0. The van der Waals surface area contributed by atoms with Gasteiger partial charge in [0.1, 0.15) is 0 Å². The van der Waals surface area contributed by atoms with E-state index in [2.05, 4.69) is 10.6 Å². The third-order valence-corrected chi connectivity index (χ3v) is 3.46. The molecule has 13 heavy (non-hydrogen) atoms. The van der Waals surface area contributed by atoms with Gasteiger partial charge in [-0.05, 0) is 44.8 Å². The van der Waals surface area contributed by atoms with Crippen molar-refractivity contribution in [2.75, 3.05) is 19.6 Å². The largest absolute Gasteiger partial charge is 0.316 e. The van der Waals surface area contributed by atoms with Crippen LogP contribution in [0.2, 0.25) is 0 Å². The van der Waals surface area contributed by atoms with E-state index in [1.54, 1.807) is 0 Å². The Balaban J connectivity index is 1.60. The van der Waals surface area contributed by atoms with E-state index in [-0.39, 0.29) is 0 Å². The van der Waals surface area contributed by atoms with E-state index in [0.29, 0.717) is 0 Å². The smallest absolute Gasteiger partial charge is 0.00671 e. The van der Waals surface area contributed by atoms with Crippen molar-refractivity contribution in [2.24, 2.45) is 5.92 Å². The van der Waals surface area contributed by atoms with E-state index in [1.165, 1.54) is 58.2 Å². The van der Waals surface area contributed by atoms with E-state index in [4.69, 9.17) is 0 Å². The van der Waals surface area contributed by atoms with E-state index in [9.17, 15) is 0 Å². The molecule has 1 unspecified atom stereocenters. The maximum atomic E-state index is 3.72. The Morgan fingerprint density at radius 2 is 1.92 bits per heavy atom.